The van der Waals surface area contributed by atoms with E-state index < -0.39 is 15.9 Å². The van der Waals surface area contributed by atoms with Gasteiger partial charge in [-0.3, -0.25) is 9.10 Å². The van der Waals surface area contributed by atoms with Gasteiger partial charge in [0.25, 0.3) is 15.9 Å². The number of ether oxygens (including phenoxy) is 1. The van der Waals surface area contributed by atoms with Crippen LogP contribution < -0.4 is 13.8 Å². The maximum Gasteiger partial charge on any atom is 0.279 e. The Balaban J connectivity index is 1.46. The van der Waals surface area contributed by atoms with Crippen molar-refractivity contribution in [3.05, 3.63) is 82.7 Å². The summed E-state index contributed by atoms with van der Waals surface area (Å²) >= 11 is 1.41. The number of thiazole rings is 1. The van der Waals surface area contributed by atoms with E-state index in [1.807, 2.05) is 54.0 Å². The molecule has 0 N–H and O–H groups in total. The normalized spacial score (nSPS) is 14.2. The largest absolute Gasteiger partial charge is 0.497 e. The third-order valence-corrected chi connectivity index (χ3v) is 9.03. The Labute approximate surface area is 208 Å². The molecule has 7 nitrogen and oxygen atoms in total. The third kappa shape index (κ3) is 4.26. The number of aryl methyl sites for hydroxylation is 2. The van der Waals surface area contributed by atoms with Crippen molar-refractivity contribution < 1.29 is 17.9 Å². The minimum Gasteiger partial charge on any atom is -0.497 e. The number of carbonyl (C=O) groups excluding carboxylic acids is 1. The summed E-state index contributed by atoms with van der Waals surface area (Å²) in [5.74, 6) is 0.325. The summed E-state index contributed by atoms with van der Waals surface area (Å²) < 4.78 is 36.4. The van der Waals surface area contributed by atoms with Gasteiger partial charge in [-0.2, -0.15) is 4.99 Å². The van der Waals surface area contributed by atoms with Crippen molar-refractivity contribution in [2.45, 2.75) is 31.2 Å². The second-order valence-electron chi connectivity index (χ2n) is 8.21. The Kier molecular flexibility index (Phi) is 6.21. The molecular weight excluding hydrogens is 482 g/mol. The van der Waals surface area contributed by atoms with Crippen LogP contribution in [0.1, 0.15) is 29.3 Å². The minimum atomic E-state index is -3.73. The van der Waals surface area contributed by atoms with E-state index in [9.17, 15) is 13.2 Å². The lowest BCUT2D eigenvalue weighted by molar-refractivity contribution is 0.0997. The second-order valence-corrected chi connectivity index (χ2v) is 11.1. The van der Waals surface area contributed by atoms with Gasteiger partial charge in [-0.15, -0.1) is 0 Å². The molecule has 1 amide bonds. The van der Waals surface area contributed by atoms with E-state index in [0.29, 0.717) is 23.5 Å². The maximum absolute atomic E-state index is 13.4. The van der Waals surface area contributed by atoms with E-state index in [1.54, 1.807) is 7.11 Å². The molecule has 0 unspecified atom stereocenters. The van der Waals surface area contributed by atoms with Gasteiger partial charge in [-0.05, 0) is 73.9 Å². The predicted octanol–water partition coefficient (Wildman–Crippen LogP) is 4.61. The Morgan fingerprint density at radius 2 is 1.86 bits per heavy atom. The summed E-state index contributed by atoms with van der Waals surface area (Å²) in [5.41, 5.74) is 3.06. The lowest BCUT2D eigenvalue weighted by atomic mass is 10.0. The van der Waals surface area contributed by atoms with Gasteiger partial charge in [-0.25, -0.2) is 8.42 Å². The van der Waals surface area contributed by atoms with Crippen LogP contribution in [0.2, 0.25) is 0 Å². The van der Waals surface area contributed by atoms with E-state index in [0.717, 1.165) is 40.1 Å². The number of methoxy groups -OCH3 is 1. The number of fused-ring (bicyclic) bond motifs is 2. The van der Waals surface area contributed by atoms with Crippen LogP contribution in [0.4, 0.5) is 5.69 Å². The molecule has 35 heavy (non-hydrogen) atoms. The van der Waals surface area contributed by atoms with E-state index in [2.05, 4.69) is 4.99 Å². The highest BCUT2D eigenvalue weighted by atomic mass is 32.2. The van der Waals surface area contributed by atoms with Crippen LogP contribution in [0.25, 0.3) is 10.2 Å². The number of carbonyl (C=O) groups is 1. The van der Waals surface area contributed by atoms with Gasteiger partial charge in [0.2, 0.25) is 0 Å². The number of para-hydroxylation sites is 1. The summed E-state index contributed by atoms with van der Waals surface area (Å²) in [5, 5.41) is 0. The number of sulfonamides is 1. The van der Waals surface area contributed by atoms with Crippen molar-refractivity contribution in [3.63, 3.8) is 0 Å². The van der Waals surface area contributed by atoms with Crippen molar-refractivity contribution in [2.24, 2.45) is 4.99 Å². The molecule has 1 aromatic heterocycles. The predicted molar refractivity (Wildman–Crippen MR) is 138 cm³/mol. The number of aromatic nitrogens is 1. The monoisotopic (exact) mass is 507 g/mol. The molecule has 0 saturated heterocycles. The Morgan fingerprint density at radius 1 is 1.09 bits per heavy atom. The van der Waals surface area contributed by atoms with Gasteiger partial charge < -0.3 is 9.30 Å². The number of nitrogens with zero attached hydrogens (tertiary/aromatic N) is 3. The molecular formula is C26H25N3O4S2. The Bertz CT molecular complexity index is 1590. The molecule has 0 radical (unpaired) electrons. The molecule has 180 valence electrons. The fraction of sp³-hybridized carbons (Fsp3) is 0.231. The molecule has 0 spiro atoms. The molecule has 0 atom stereocenters. The standard InChI is InChI=1S/C26H25N3O4S2/c1-3-28-23-15-12-20(33-2)17-24(23)34-26(28)27-25(30)19-10-13-21(14-11-19)35(31,32)29-16-6-8-18-7-4-5-9-22(18)29/h4-5,7,9-15,17H,3,6,8,16H2,1-2H3. The first-order chi connectivity index (χ1) is 16.9. The van der Waals surface area contributed by atoms with Crippen LogP contribution in [-0.4, -0.2) is 32.5 Å². The van der Waals surface area contributed by atoms with Crippen LogP contribution in [-0.2, 0) is 23.0 Å². The van der Waals surface area contributed by atoms with Crippen molar-refractivity contribution in [1.82, 2.24) is 4.57 Å². The number of amides is 1. The van der Waals surface area contributed by atoms with Crippen molar-refractivity contribution >= 4 is 43.2 Å². The van der Waals surface area contributed by atoms with Gasteiger partial charge >= 0.3 is 0 Å². The van der Waals surface area contributed by atoms with Gasteiger partial charge in [0.15, 0.2) is 4.80 Å². The molecule has 0 bridgehead atoms. The summed E-state index contributed by atoms with van der Waals surface area (Å²) in [7, 11) is -2.12. The topological polar surface area (TPSA) is 81.0 Å². The van der Waals surface area contributed by atoms with Crippen LogP contribution in [0.5, 0.6) is 5.75 Å². The first-order valence-electron chi connectivity index (χ1n) is 11.4. The van der Waals surface area contributed by atoms with Crippen molar-refractivity contribution in [1.29, 1.82) is 0 Å². The highest BCUT2D eigenvalue weighted by Crippen LogP contribution is 2.32. The van der Waals surface area contributed by atoms with Crippen LogP contribution >= 0.6 is 11.3 Å². The molecule has 9 heteroatoms. The molecule has 5 rings (SSSR count). The lowest BCUT2D eigenvalue weighted by Gasteiger charge is -2.30. The first kappa shape index (κ1) is 23.3. The van der Waals surface area contributed by atoms with Gasteiger partial charge in [-0.1, -0.05) is 29.5 Å². The Morgan fingerprint density at radius 3 is 2.60 bits per heavy atom. The number of anilines is 1. The van der Waals surface area contributed by atoms with Crippen LogP contribution in [0, 0.1) is 0 Å². The average Bonchev–Trinajstić information content (AvgIpc) is 3.24. The molecule has 3 aromatic carbocycles. The lowest BCUT2D eigenvalue weighted by Crippen LogP contribution is -2.35. The summed E-state index contributed by atoms with van der Waals surface area (Å²) in [6, 6.07) is 19.4. The fourth-order valence-electron chi connectivity index (χ4n) is 4.37. The summed E-state index contributed by atoms with van der Waals surface area (Å²) in [6.45, 7) is 3.09. The number of hydrogen-bond acceptors (Lipinski definition) is 5. The summed E-state index contributed by atoms with van der Waals surface area (Å²) in [6.07, 6.45) is 1.63. The molecule has 0 saturated carbocycles. The smallest absolute Gasteiger partial charge is 0.279 e. The average molecular weight is 508 g/mol. The highest BCUT2D eigenvalue weighted by molar-refractivity contribution is 7.92. The highest BCUT2D eigenvalue weighted by Gasteiger charge is 2.29. The number of rotatable bonds is 5. The van der Waals surface area contributed by atoms with Crippen LogP contribution in [0.3, 0.4) is 0 Å². The second kappa shape index (κ2) is 9.31. The zero-order valence-electron chi connectivity index (χ0n) is 19.5. The maximum atomic E-state index is 13.4. The van der Waals surface area contributed by atoms with Crippen LogP contribution in [0.15, 0.2) is 76.6 Å². The summed E-state index contributed by atoms with van der Waals surface area (Å²) in [4.78, 5) is 18.0. The van der Waals surface area contributed by atoms with E-state index >= 15 is 0 Å². The van der Waals surface area contributed by atoms with Gasteiger partial charge in [0.05, 0.1) is 27.9 Å². The quantitative estimate of drug-likeness (QED) is 0.395. The molecule has 0 aliphatic carbocycles. The molecule has 1 aliphatic heterocycles. The zero-order chi connectivity index (χ0) is 24.6. The van der Waals surface area contributed by atoms with Gasteiger partial charge in [0, 0.05) is 18.7 Å². The SMILES string of the molecule is CCn1c(=NC(=O)c2ccc(S(=O)(=O)N3CCCc4ccccc43)cc2)sc2cc(OC)ccc21. The van der Waals surface area contributed by atoms with Crippen molar-refractivity contribution in [2.75, 3.05) is 18.0 Å². The molecule has 1 aliphatic rings. The molecule has 2 heterocycles. The Hall–Kier alpha value is -3.43. The fourth-order valence-corrected chi connectivity index (χ4v) is 7.03. The number of hydrogen-bond donors (Lipinski definition) is 0. The zero-order valence-corrected chi connectivity index (χ0v) is 21.1. The minimum absolute atomic E-state index is 0.156. The number of benzene rings is 3. The first-order valence-corrected chi connectivity index (χ1v) is 13.6. The van der Waals surface area contributed by atoms with E-state index in [-0.39, 0.29) is 4.90 Å². The van der Waals surface area contributed by atoms with E-state index in [4.69, 9.17) is 4.74 Å². The van der Waals surface area contributed by atoms with E-state index in [1.165, 1.54) is 39.9 Å². The molecule has 0 fully saturated rings. The van der Waals surface area contributed by atoms with Crippen molar-refractivity contribution in [3.8, 4) is 5.75 Å². The molecule has 4 aromatic rings. The third-order valence-electron chi connectivity index (χ3n) is 6.16. The van der Waals surface area contributed by atoms with Gasteiger partial charge in [0.1, 0.15) is 5.75 Å².